The zero-order valence-corrected chi connectivity index (χ0v) is 24.1. The number of carbonyl (C=O) groups is 1. The molecule has 1 N–H and O–H groups in total. The number of rotatable bonds is 8. The number of ether oxygens (including phenoxy) is 1. The van der Waals surface area contributed by atoms with Crippen LogP contribution >= 0.6 is 0 Å². The molecule has 0 radical (unpaired) electrons. The fraction of sp³-hybridized carbons (Fsp3) is 0.486. The van der Waals surface area contributed by atoms with Gasteiger partial charge >= 0.3 is 5.97 Å². The minimum Gasteiger partial charge on any atom is -0.485 e. The molecule has 5 nitrogen and oxygen atoms in total. The number of benzene rings is 2. The summed E-state index contributed by atoms with van der Waals surface area (Å²) < 4.78 is 6.79. The van der Waals surface area contributed by atoms with Crippen molar-refractivity contribution in [3.63, 3.8) is 0 Å². The van der Waals surface area contributed by atoms with Crippen LogP contribution in [0.4, 0.5) is 0 Å². The van der Waals surface area contributed by atoms with Gasteiger partial charge in [0.25, 0.3) is 0 Å². The van der Waals surface area contributed by atoms with E-state index in [-0.39, 0.29) is 12.0 Å². The molecule has 210 valence electrons. The second kappa shape index (κ2) is 11.4. The maximum Gasteiger partial charge on any atom is 0.306 e. The first-order valence-electron chi connectivity index (χ1n) is 15.2. The molecule has 1 saturated heterocycles. The second-order valence-electron chi connectivity index (χ2n) is 12.4. The maximum atomic E-state index is 11.9. The molecule has 2 aromatic carbocycles. The summed E-state index contributed by atoms with van der Waals surface area (Å²) in [6.07, 6.45) is 9.85. The Morgan fingerprint density at radius 2 is 1.88 bits per heavy atom. The van der Waals surface area contributed by atoms with Gasteiger partial charge in [-0.1, -0.05) is 37.6 Å². The number of fused-ring (bicyclic) bond motifs is 1. The number of carboxylic acid groups (broad SMARTS) is 1. The first kappa shape index (κ1) is 27.0. The Bertz CT molecular complexity index is 1380. The second-order valence-corrected chi connectivity index (χ2v) is 12.4. The highest BCUT2D eigenvalue weighted by atomic mass is 16.5. The summed E-state index contributed by atoms with van der Waals surface area (Å²) in [4.78, 5) is 18.9. The first-order chi connectivity index (χ1) is 19.4. The van der Waals surface area contributed by atoms with Crippen LogP contribution in [0.15, 0.2) is 54.7 Å². The van der Waals surface area contributed by atoms with Gasteiger partial charge in [0.15, 0.2) is 0 Å². The molecule has 4 atom stereocenters. The minimum atomic E-state index is -0.713. The number of aryl methyl sites for hydroxylation is 2. The highest BCUT2D eigenvalue weighted by Gasteiger charge is 2.39. The van der Waals surface area contributed by atoms with Gasteiger partial charge in [-0.05, 0) is 128 Å². The van der Waals surface area contributed by atoms with Crippen molar-refractivity contribution in [3.8, 4) is 16.9 Å². The van der Waals surface area contributed by atoms with Gasteiger partial charge in [-0.15, -0.1) is 0 Å². The van der Waals surface area contributed by atoms with E-state index in [1.54, 1.807) is 0 Å². The standard InChI is InChI=1S/C35H42N2O3/c1-22-18-28(15-16-36-22)27-11-13-31(30(19-27)21-37-17-5-4-6-23(37)2)32-14-12-25-7-10-29(20-33(25)40-32)34(26-8-9-26)24(3)35(38)39/h7,10-11,13,15-16,18-20,23-24,26,32,34H,4-6,8-9,12,14,17,21H2,1-3H3,(H,38,39)/t23-,24-,32?,34-/m0/s1. The summed E-state index contributed by atoms with van der Waals surface area (Å²) in [5, 5.41) is 9.78. The van der Waals surface area contributed by atoms with E-state index in [1.165, 1.54) is 47.1 Å². The van der Waals surface area contributed by atoms with Crippen molar-refractivity contribution in [3.05, 3.63) is 82.7 Å². The molecule has 2 fully saturated rings. The van der Waals surface area contributed by atoms with Crippen molar-refractivity contribution in [2.45, 2.75) is 90.3 Å². The van der Waals surface area contributed by atoms with Crippen molar-refractivity contribution in [2.24, 2.45) is 11.8 Å². The Morgan fingerprint density at radius 1 is 1.05 bits per heavy atom. The van der Waals surface area contributed by atoms with Crippen molar-refractivity contribution >= 4 is 5.97 Å². The Hall–Kier alpha value is -3.18. The van der Waals surface area contributed by atoms with E-state index < -0.39 is 11.9 Å². The van der Waals surface area contributed by atoms with Gasteiger partial charge in [-0.2, -0.15) is 0 Å². The quantitative estimate of drug-likeness (QED) is 0.318. The number of carboxylic acids is 1. The number of nitrogens with zero attached hydrogens (tertiary/aromatic N) is 2. The fourth-order valence-electron chi connectivity index (χ4n) is 6.96. The monoisotopic (exact) mass is 538 g/mol. The molecule has 5 heteroatoms. The normalized spacial score (nSPS) is 22.7. The summed E-state index contributed by atoms with van der Waals surface area (Å²) in [5.41, 5.74) is 8.42. The Labute approximate surface area is 238 Å². The molecule has 40 heavy (non-hydrogen) atoms. The van der Waals surface area contributed by atoms with Crippen LogP contribution in [0.25, 0.3) is 11.1 Å². The third kappa shape index (κ3) is 5.67. The molecule has 1 aliphatic carbocycles. The third-order valence-electron chi connectivity index (χ3n) is 9.51. The zero-order chi connectivity index (χ0) is 27.8. The third-order valence-corrected chi connectivity index (χ3v) is 9.51. The highest BCUT2D eigenvalue weighted by Crippen LogP contribution is 2.48. The molecule has 1 aromatic heterocycles. The van der Waals surface area contributed by atoms with E-state index in [0.29, 0.717) is 12.0 Å². The molecule has 0 spiro atoms. The van der Waals surface area contributed by atoms with E-state index in [0.717, 1.165) is 55.8 Å². The maximum absolute atomic E-state index is 11.9. The fourth-order valence-corrected chi connectivity index (χ4v) is 6.96. The van der Waals surface area contributed by atoms with Gasteiger partial charge < -0.3 is 9.84 Å². The Morgan fingerprint density at radius 3 is 2.62 bits per heavy atom. The van der Waals surface area contributed by atoms with Crippen molar-refractivity contribution in [2.75, 3.05) is 6.54 Å². The summed E-state index contributed by atoms with van der Waals surface area (Å²) in [5.74, 6) is 0.335. The number of hydrogen-bond donors (Lipinski definition) is 1. The predicted octanol–water partition coefficient (Wildman–Crippen LogP) is 7.71. The lowest BCUT2D eigenvalue weighted by molar-refractivity contribution is -0.142. The molecular weight excluding hydrogens is 496 g/mol. The van der Waals surface area contributed by atoms with Crippen molar-refractivity contribution in [1.29, 1.82) is 0 Å². The van der Waals surface area contributed by atoms with E-state index in [9.17, 15) is 9.90 Å². The minimum absolute atomic E-state index is 0.0117. The molecule has 1 unspecified atom stereocenters. The molecule has 1 saturated carbocycles. The number of aliphatic carboxylic acids is 1. The molecule has 6 rings (SSSR count). The first-order valence-corrected chi connectivity index (χ1v) is 15.2. The molecule has 3 aromatic rings. The predicted molar refractivity (Wildman–Crippen MR) is 159 cm³/mol. The Kier molecular flexibility index (Phi) is 7.67. The van der Waals surface area contributed by atoms with Gasteiger partial charge in [-0.3, -0.25) is 14.7 Å². The highest BCUT2D eigenvalue weighted by molar-refractivity contribution is 5.71. The molecular formula is C35H42N2O3. The van der Waals surface area contributed by atoms with Crippen molar-refractivity contribution < 1.29 is 14.6 Å². The SMILES string of the molecule is Cc1cc(-c2ccc(C3CCc4ccc([C@H](C5CC5)[C@H](C)C(=O)O)cc4O3)c(CN3CCCC[C@@H]3C)c2)ccn1. The lowest BCUT2D eigenvalue weighted by atomic mass is 9.82. The van der Waals surface area contributed by atoms with Crippen LogP contribution in [0, 0.1) is 18.8 Å². The average molecular weight is 539 g/mol. The van der Waals surface area contributed by atoms with Gasteiger partial charge in [0, 0.05) is 24.5 Å². The van der Waals surface area contributed by atoms with Crippen LogP contribution in [0.5, 0.6) is 5.75 Å². The lowest BCUT2D eigenvalue weighted by Crippen LogP contribution is -2.37. The number of pyridine rings is 1. The molecule has 2 aliphatic heterocycles. The van der Waals surface area contributed by atoms with Crippen molar-refractivity contribution in [1.82, 2.24) is 9.88 Å². The van der Waals surface area contributed by atoms with E-state index in [4.69, 9.17) is 4.74 Å². The molecule has 3 heterocycles. The van der Waals surface area contributed by atoms with Crippen LogP contribution in [0.1, 0.15) is 92.3 Å². The summed E-state index contributed by atoms with van der Waals surface area (Å²) >= 11 is 0. The summed E-state index contributed by atoms with van der Waals surface area (Å²) in [7, 11) is 0. The van der Waals surface area contributed by atoms with E-state index >= 15 is 0 Å². The van der Waals surface area contributed by atoms with Gasteiger partial charge in [0.1, 0.15) is 11.9 Å². The van der Waals surface area contributed by atoms with Gasteiger partial charge in [0.2, 0.25) is 0 Å². The van der Waals surface area contributed by atoms with Crippen LogP contribution in [0.2, 0.25) is 0 Å². The average Bonchev–Trinajstić information content (AvgIpc) is 3.79. The van der Waals surface area contributed by atoms with Gasteiger partial charge in [-0.25, -0.2) is 0 Å². The topological polar surface area (TPSA) is 62.7 Å². The van der Waals surface area contributed by atoms with E-state index in [1.807, 2.05) is 20.0 Å². The molecule has 3 aliphatic rings. The van der Waals surface area contributed by atoms with Crippen LogP contribution < -0.4 is 4.74 Å². The van der Waals surface area contributed by atoms with E-state index in [2.05, 4.69) is 65.3 Å². The Balaban J connectivity index is 1.32. The van der Waals surface area contributed by atoms with Gasteiger partial charge in [0.05, 0.1) is 5.92 Å². The number of piperidine rings is 1. The lowest BCUT2D eigenvalue weighted by Gasteiger charge is -2.35. The number of hydrogen-bond acceptors (Lipinski definition) is 4. The summed E-state index contributed by atoms with van der Waals surface area (Å²) in [6, 6.07) is 18.2. The van der Waals surface area contributed by atoms with Crippen LogP contribution in [0.3, 0.4) is 0 Å². The number of aromatic nitrogens is 1. The molecule has 0 amide bonds. The van der Waals surface area contributed by atoms with Crippen LogP contribution in [-0.4, -0.2) is 33.5 Å². The van der Waals surface area contributed by atoms with Crippen LogP contribution in [-0.2, 0) is 17.8 Å². The number of likely N-dealkylation sites (tertiary alicyclic amines) is 1. The largest absolute Gasteiger partial charge is 0.485 e. The smallest absolute Gasteiger partial charge is 0.306 e. The zero-order valence-electron chi connectivity index (χ0n) is 24.1. The molecule has 0 bridgehead atoms. The summed E-state index contributed by atoms with van der Waals surface area (Å²) in [6.45, 7) is 8.33.